The van der Waals surface area contributed by atoms with Crippen molar-refractivity contribution in [3.05, 3.63) is 45.9 Å². The predicted octanol–water partition coefficient (Wildman–Crippen LogP) is 2.54. The van der Waals surface area contributed by atoms with Crippen LogP contribution >= 0.6 is 11.6 Å². The van der Waals surface area contributed by atoms with E-state index in [1.165, 1.54) is 6.07 Å². The van der Waals surface area contributed by atoms with Gasteiger partial charge < -0.3 is 20.1 Å². The fraction of sp³-hybridized carbons (Fsp3) is 0.353. The Morgan fingerprint density at radius 2 is 1.96 bits per heavy atom. The third kappa shape index (κ3) is 4.51. The number of carbonyl (C=O) groups is 3. The lowest BCUT2D eigenvalue weighted by molar-refractivity contribution is -0.139. The highest BCUT2D eigenvalue weighted by molar-refractivity contribution is 6.33. The van der Waals surface area contributed by atoms with Gasteiger partial charge in [0.25, 0.3) is 0 Å². The highest BCUT2D eigenvalue weighted by Crippen LogP contribution is 2.20. The minimum absolute atomic E-state index is 0.0290. The maximum Gasteiger partial charge on any atom is 0.340 e. The van der Waals surface area contributed by atoms with E-state index in [1.807, 2.05) is 0 Å². The first-order valence-electron chi connectivity index (χ1n) is 7.97. The van der Waals surface area contributed by atoms with E-state index >= 15 is 0 Å². The molecule has 1 aliphatic rings. The van der Waals surface area contributed by atoms with Crippen LogP contribution < -0.4 is 10.6 Å². The molecule has 0 bridgehead atoms. The van der Waals surface area contributed by atoms with Crippen molar-refractivity contribution in [1.29, 1.82) is 0 Å². The molecule has 2 N–H and O–H groups in total. The summed E-state index contributed by atoms with van der Waals surface area (Å²) < 4.78 is 23.2. The number of urea groups is 1. The van der Waals surface area contributed by atoms with Gasteiger partial charge in [-0.25, -0.2) is 18.8 Å². The summed E-state index contributed by atoms with van der Waals surface area (Å²) in [6.07, 6.45) is 0.447. The quantitative estimate of drug-likeness (QED) is 0.735. The Morgan fingerprint density at radius 3 is 2.58 bits per heavy atom. The summed E-state index contributed by atoms with van der Waals surface area (Å²) in [5.41, 5.74) is 0.288. The zero-order chi connectivity index (χ0) is 19.3. The summed E-state index contributed by atoms with van der Waals surface area (Å²) in [6.45, 7) is 3.23. The molecule has 9 heteroatoms. The molecule has 2 rings (SSSR count). The molecule has 0 spiro atoms. The van der Waals surface area contributed by atoms with Crippen LogP contribution in [0.15, 0.2) is 29.5 Å². The van der Waals surface area contributed by atoms with Crippen LogP contribution in [0.3, 0.4) is 0 Å². The lowest BCUT2D eigenvalue weighted by Crippen LogP contribution is -2.51. The number of rotatable bonds is 6. The summed E-state index contributed by atoms with van der Waals surface area (Å²) in [5, 5.41) is 4.97. The van der Waals surface area contributed by atoms with E-state index in [-0.39, 0.29) is 35.1 Å². The van der Waals surface area contributed by atoms with Crippen LogP contribution in [-0.4, -0.2) is 37.2 Å². The van der Waals surface area contributed by atoms with Gasteiger partial charge >= 0.3 is 18.0 Å². The number of ether oxygens (including phenoxy) is 2. The van der Waals surface area contributed by atoms with Crippen LogP contribution in [0.4, 0.5) is 9.18 Å². The monoisotopic (exact) mass is 384 g/mol. The van der Waals surface area contributed by atoms with E-state index in [2.05, 4.69) is 10.6 Å². The summed E-state index contributed by atoms with van der Waals surface area (Å²) in [4.78, 5) is 36.1. The number of nitrogens with one attached hydrogen (secondary N) is 2. The molecular formula is C17H18ClFN2O5. The molecule has 7 nitrogen and oxygen atoms in total. The van der Waals surface area contributed by atoms with Crippen molar-refractivity contribution in [3.63, 3.8) is 0 Å². The Labute approximate surface area is 154 Å². The molecule has 1 heterocycles. The van der Waals surface area contributed by atoms with Crippen molar-refractivity contribution in [2.45, 2.75) is 26.3 Å². The molecule has 140 valence electrons. The van der Waals surface area contributed by atoms with Gasteiger partial charge in [0.2, 0.25) is 0 Å². The number of benzene rings is 1. The average Bonchev–Trinajstić information content (AvgIpc) is 2.59. The fourth-order valence-electron chi connectivity index (χ4n) is 2.45. The molecule has 0 fully saturated rings. The smallest absolute Gasteiger partial charge is 0.340 e. The Bertz CT molecular complexity index is 766. The molecule has 0 unspecified atom stereocenters. The summed E-state index contributed by atoms with van der Waals surface area (Å²) in [6, 6.07) is 2.17. The van der Waals surface area contributed by atoms with Gasteiger partial charge in [-0.3, -0.25) is 0 Å². The lowest BCUT2D eigenvalue weighted by Gasteiger charge is -2.28. The van der Waals surface area contributed by atoms with Gasteiger partial charge in [-0.05, 0) is 31.5 Å². The molecule has 0 aromatic heterocycles. The number of halogens is 2. The zero-order valence-corrected chi connectivity index (χ0v) is 15.0. The molecule has 0 saturated heterocycles. The first kappa shape index (κ1) is 19.7. The molecule has 0 aliphatic carbocycles. The van der Waals surface area contributed by atoms with E-state index in [4.69, 9.17) is 21.1 Å². The normalized spacial score (nSPS) is 16.6. The Hall–Kier alpha value is -2.61. The minimum Gasteiger partial charge on any atom is -0.463 e. The molecule has 1 aromatic carbocycles. The number of hydrogen-bond donors (Lipinski definition) is 2. The highest BCUT2D eigenvalue weighted by Gasteiger charge is 2.32. The number of carbonyl (C=O) groups excluding carboxylic acids is 3. The van der Waals surface area contributed by atoms with Crippen LogP contribution in [0.2, 0.25) is 5.02 Å². The van der Waals surface area contributed by atoms with Gasteiger partial charge in [0.15, 0.2) is 0 Å². The molecule has 2 amide bonds. The van der Waals surface area contributed by atoms with Gasteiger partial charge in [0, 0.05) is 0 Å². The third-order valence-corrected chi connectivity index (χ3v) is 3.96. The van der Waals surface area contributed by atoms with Crippen molar-refractivity contribution in [2.75, 3.05) is 13.2 Å². The van der Waals surface area contributed by atoms with E-state index < -0.39 is 29.8 Å². The first-order valence-corrected chi connectivity index (χ1v) is 8.35. The second-order valence-electron chi connectivity index (χ2n) is 5.37. The van der Waals surface area contributed by atoms with Crippen molar-refractivity contribution >= 4 is 29.6 Å². The van der Waals surface area contributed by atoms with E-state index in [1.54, 1.807) is 13.8 Å². The number of hydrogen-bond acceptors (Lipinski definition) is 5. The van der Waals surface area contributed by atoms with Crippen LogP contribution in [0, 0.1) is 5.82 Å². The predicted molar refractivity (Wildman–Crippen MR) is 91.1 cm³/mol. The first-order chi connectivity index (χ1) is 12.4. The van der Waals surface area contributed by atoms with Crippen molar-refractivity contribution < 1.29 is 28.2 Å². The second-order valence-corrected chi connectivity index (χ2v) is 5.78. The van der Waals surface area contributed by atoms with Gasteiger partial charge in [0.05, 0.1) is 34.5 Å². The molecule has 0 radical (unpaired) electrons. The molecule has 0 saturated carbocycles. The Morgan fingerprint density at radius 1 is 1.23 bits per heavy atom. The van der Waals surface area contributed by atoms with Crippen molar-refractivity contribution in [3.8, 4) is 0 Å². The minimum atomic E-state index is -0.813. The second kappa shape index (κ2) is 8.66. The number of amides is 2. The van der Waals surface area contributed by atoms with E-state index in [0.717, 1.165) is 12.1 Å². The fourth-order valence-corrected chi connectivity index (χ4v) is 2.69. The van der Waals surface area contributed by atoms with Crippen LogP contribution in [-0.2, 0) is 14.3 Å². The maximum atomic E-state index is 13.1. The Kier molecular flexibility index (Phi) is 6.57. The van der Waals surface area contributed by atoms with Crippen LogP contribution in [0.25, 0.3) is 0 Å². The zero-order valence-electron chi connectivity index (χ0n) is 14.2. The standard InChI is InChI=1S/C17H18ClFN2O5/c1-3-12-14(16(23)25-4-2)13(21-17(24)20-12)8-26-15(22)10-6-5-9(19)7-11(10)18/h5-7,12H,3-4,8H2,1-2H3,(H2,20,21,24)/t12-/m0/s1. The van der Waals surface area contributed by atoms with Gasteiger partial charge in [0.1, 0.15) is 12.4 Å². The van der Waals surface area contributed by atoms with Crippen LogP contribution in [0.5, 0.6) is 0 Å². The average molecular weight is 385 g/mol. The third-order valence-electron chi connectivity index (χ3n) is 3.65. The van der Waals surface area contributed by atoms with Gasteiger partial charge in [-0.15, -0.1) is 0 Å². The Balaban J connectivity index is 2.23. The number of esters is 2. The van der Waals surface area contributed by atoms with E-state index in [9.17, 15) is 18.8 Å². The molecule has 1 aromatic rings. The summed E-state index contributed by atoms with van der Waals surface area (Å²) in [5.74, 6) is -2.01. The SMILES string of the molecule is CCOC(=O)C1=C(COC(=O)c2ccc(F)cc2Cl)NC(=O)N[C@H]1CC. The molecule has 1 aliphatic heterocycles. The maximum absolute atomic E-state index is 13.1. The summed E-state index contributed by atoms with van der Waals surface area (Å²) >= 11 is 5.83. The highest BCUT2D eigenvalue weighted by atomic mass is 35.5. The molecule has 1 atom stereocenters. The van der Waals surface area contributed by atoms with E-state index in [0.29, 0.717) is 6.42 Å². The van der Waals surface area contributed by atoms with Gasteiger partial charge in [-0.2, -0.15) is 0 Å². The van der Waals surface area contributed by atoms with Crippen molar-refractivity contribution in [2.24, 2.45) is 0 Å². The summed E-state index contributed by atoms with van der Waals surface area (Å²) in [7, 11) is 0. The molecule has 26 heavy (non-hydrogen) atoms. The van der Waals surface area contributed by atoms with Gasteiger partial charge in [-0.1, -0.05) is 18.5 Å². The van der Waals surface area contributed by atoms with Crippen molar-refractivity contribution in [1.82, 2.24) is 10.6 Å². The topological polar surface area (TPSA) is 93.7 Å². The van der Waals surface area contributed by atoms with Crippen LogP contribution in [0.1, 0.15) is 30.6 Å². The lowest BCUT2D eigenvalue weighted by atomic mass is 10.0. The largest absolute Gasteiger partial charge is 0.463 e. The molecular weight excluding hydrogens is 367 g/mol.